The van der Waals surface area contributed by atoms with Crippen molar-refractivity contribution in [3.63, 3.8) is 0 Å². The molecule has 0 bridgehead atoms. The maximum atomic E-state index is 13.2. The Morgan fingerprint density at radius 3 is 2.53 bits per heavy atom. The van der Waals surface area contributed by atoms with Gasteiger partial charge in [-0.2, -0.15) is 0 Å². The third kappa shape index (κ3) is 3.43. The van der Waals surface area contributed by atoms with Crippen LogP contribution in [-0.4, -0.2) is 55.0 Å². The minimum Gasteiger partial charge on any atom is -0.493 e. The van der Waals surface area contributed by atoms with Gasteiger partial charge in [-0.1, -0.05) is 30.3 Å². The highest BCUT2D eigenvalue weighted by atomic mass is 16.6. The number of rotatable bonds is 4. The second-order valence-electron chi connectivity index (χ2n) is 7.26. The van der Waals surface area contributed by atoms with E-state index in [1.807, 2.05) is 30.3 Å². The van der Waals surface area contributed by atoms with E-state index < -0.39 is 18.4 Å². The Bertz CT molecular complexity index is 948. The SMILES string of the molecule is COc1cc2c(cc1OC)N(C(=O)OCc1ccccc1)[C@@H](O)[C@@H]1CCCN1C2=O. The van der Waals surface area contributed by atoms with Gasteiger partial charge in [0.15, 0.2) is 17.7 Å². The Kier molecular flexibility index (Phi) is 5.50. The molecule has 158 valence electrons. The van der Waals surface area contributed by atoms with Crippen molar-refractivity contribution in [3.05, 3.63) is 53.6 Å². The van der Waals surface area contributed by atoms with E-state index in [2.05, 4.69) is 0 Å². The predicted octanol–water partition coefficient (Wildman–Crippen LogP) is 2.78. The highest BCUT2D eigenvalue weighted by molar-refractivity contribution is 6.06. The monoisotopic (exact) mass is 412 g/mol. The first-order valence-electron chi connectivity index (χ1n) is 9.80. The normalized spacial score (nSPS) is 20.3. The average Bonchev–Trinajstić information content (AvgIpc) is 3.25. The number of hydrogen-bond acceptors (Lipinski definition) is 6. The van der Waals surface area contributed by atoms with E-state index in [1.54, 1.807) is 11.0 Å². The molecule has 2 aromatic carbocycles. The molecular formula is C22H24N2O6. The largest absolute Gasteiger partial charge is 0.493 e. The summed E-state index contributed by atoms with van der Waals surface area (Å²) in [7, 11) is 2.94. The molecule has 1 fully saturated rings. The summed E-state index contributed by atoms with van der Waals surface area (Å²) in [6, 6.07) is 11.8. The van der Waals surface area contributed by atoms with Gasteiger partial charge in [0.2, 0.25) is 0 Å². The molecule has 0 aliphatic carbocycles. The first-order valence-corrected chi connectivity index (χ1v) is 9.80. The van der Waals surface area contributed by atoms with Crippen molar-refractivity contribution in [2.45, 2.75) is 31.7 Å². The summed E-state index contributed by atoms with van der Waals surface area (Å²) in [5, 5.41) is 11.1. The lowest BCUT2D eigenvalue weighted by molar-refractivity contribution is 0.0485. The predicted molar refractivity (Wildman–Crippen MR) is 109 cm³/mol. The number of methoxy groups -OCH3 is 2. The number of fused-ring (bicyclic) bond motifs is 2. The minimum atomic E-state index is -1.24. The van der Waals surface area contributed by atoms with E-state index in [4.69, 9.17) is 14.2 Å². The molecule has 1 saturated heterocycles. The van der Waals surface area contributed by atoms with Crippen molar-refractivity contribution >= 4 is 17.7 Å². The van der Waals surface area contributed by atoms with Crippen LogP contribution in [-0.2, 0) is 11.3 Å². The third-order valence-electron chi connectivity index (χ3n) is 5.56. The lowest BCUT2D eigenvalue weighted by atomic mass is 10.1. The topological polar surface area (TPSA) is 88.5 Å². The second-order valence-corrected chi connectivity index (χ2v) is 7.26. The Morgan fingerprint density at radius 1 is 1.13 bits per heavy atom. The van der Waals surface area contributed by atoms with E-state index in [-0.39, 0.29) is 23.8 Å². The fourth-order valence-corrected chi connectivity index (χ4v) is 4.06. The molecule has 8 heteroatoms. The molecule has 2 aliphatic heterocycles. The lowest BCUT2D eigenvalue weighted by Gasteiger charge is -2.31. The zero-order valence-corrected chi connectivity index (χ0v) is 16.9. The van der Waals surface area contributed by atoms with Gasteiger partial charge in [0.25, 0.3) is 5.91 Å². The van der Waals surface area contributed by atoms with Gasteiger partial charge in [0.1, 0.15) is 6.61 Å². The molecule has 1 N–H and O–H groups in total. The van der Waals surface area contributed by atoms with E-state index >= 15 is 0 Å². The van der Waals surface area contributed by atoms with Crippen LogP contribution in [0.15, 0.2) is 42.5 Å². The van der Waals surface area contributed by atoms with Crippen molar-refractivity contribution in [1.29, 1.82) is 0 Å². The zero-order chi connectivity index (χ0) is 21.3. The quantitative estimate of drug-likeness (QED) is 0.831. The number of amides is 2. The Morgan fingerprint density at radius 2 is 1.83 bits per heavy atom. The zero-order valence-electron chi connectivity index (χ0n) is 16.9. The van der Waals surface area contributed by atoms with Gasteiger partial charge in [0, 0.05) is 12.6 Å². The number of aliphatic hydroxyl groups is 1. The Labute approximate surface area is 174 Å². The van der Waals surface area contributed by atoms with Gasteiger partial charge >= 0.3 is 6.09 Å². The van der Waals surface area contributed by atoms with Crippen molar-refractivity contribution in [1.82, 2.24) is 4.90 Å². The van der Waals surface area contributed by atoms with Crippen molar-refractivity contribution in [2.24, 2.45) is 0 Å². The molecule has 4 rings (SSSR count). The van der Waals surface area contributed by atoms with Gasteiger partial charge in [-0.05, 0) is 24.5 Å². The van der Waals surface area contributed by atoms with Crippen LogP contribution >= 0.6 is 0 Å². The Balaban J connectivity index is 1.75. The first-order chi connectivity index (χ1) is 14.5. The van der Waals surface area contributed by atoms with Gasteiger partial charge in [-0.15, -0.1) is 0 Å². The summed E-state index contributed by atoms with van der Waals surface area (Å²) in [6.07, 6.45) is -0.624. The third-order valence-corrected chi connectivity index (χ3v) is 5.56. The summed E-state index contributed by atoms with van der Waals surface area (Å²) >= 11 is 0. The first kappa shape index (κ1) is 20.0. The van der Waals surface area contributed by atoms with Crippen LogP contribution in [0.5, 0.6) is 11.5 Å². The van der Waals surface area contributed by atoms with E-state index in [9.17, 15) is 14.7 Å². The average molecular weight is 412 g/mol. The van der Waals surface area contributed by atoms with Crippen LogP contribution in [0, 0.1) is 0 Å². The molecule has 8 nitrogen and oxygen atoms in total. The molecule has 0 saturated carbocycles. The fraction of sp³-hybridized carbons (Fsp3) is 0.364. The molecule has 2 heterocycles. The summed E-state index contributed by atoms with van der Waals surface area (Å²) in [5.74, 6) is 0.458. The summed E-state index contributed by atoms with van der Waals surface area (Å²) in [4.78, 5) is 29.1. The number of anilines is 1. The standard InChI is InChI=1S/C22H24N2O6/c1-28-18-11-15-17(12-19(18)29-2)24(21(26)16-9-6-10-23(16)20(15)25)22(27)30-13-14-7-4-3-5-8-14/h3-5,7-8,11-12,16,21,26H,6,9-10,13H2,1-2H3/t16-,21-/m0/s1. The molecule has 2 aromatic rings. The second kappa shape index (κ2) is 8.23. The molecule has 2 amide bonds. The molecule has 0 spiro atoms. The number of carbonyl (C=O) groups is 2. The molecule has 2 aliphatic rings. The van der Waals surface area contributed by atoms with Crippen LogP contribution in [0.3, 0.4) is 0 Å². The van der Waals surface area contributed by atoms with Gasteiger partial charge in [-0.3, -0.25) is 4.79 Å². The number of ether oxygens (including phenoxy) is 3. The van der Waals surface area contributed by atoms with Crippen LogP contribution in [0.25, 0.3) is 0 Å². The number of aliphatic hydroxyl groups excluding tert-OH is 1. The fourth-order valence-electron chi connectivity index (χ4n) is 4.06. The van der Waals surface area contributed by atoms with Crippen LogP contribution in [0.1, 0.15) is 28.8 Å². The summed E-state index contributed by atoms with van der Waals surface area (Å²) in [5.41, 5.74) is 1.31. The number of benzene rings is 2. The molecule has 30 heavy (non-hydrogen) atoms. The van der Waals surface area contributed by atoms with Gasteiger partial charge in [-0.25, -0.2) is 9.69 Å². The Hall–Kier alpha value is -3.26. The highest BCUT2D eigenvalue weighted by Crippen LogP contribution is 2.41. The minimum absolute atomic E-state index is 0.0494. The van der Waals surface area contributed by atoms with E-state index in [0.29, 0.717) is 24.5 Å². The number of hydrogen-bond donors (Lipinski definition) is 1. The van der Waals surface area contributed by atoms with Crippen LogP contribution in [0.2, 0.25) is 0 Å². The molecule has 0 radical (unpaired) electrons. The number of nitrogens with zero attached hydrogens (tertiary/aromatic N) is 2. The molecular weight excluding hydrogens is 388 g/mol. The van der Waals surface area contributed by atoms with Gasteiger partial charge in [0.05, 0.1) is 31.5 Å². The smallest absolute Gasteiger partial charge is 0.416 e. The molecule has 2 atom stereocenters. The number of carbonyl (C=O) groups excluding carboxylic acids is 2. The summed E-state index contributed by atoms with van der Waals surface area (Å²) < 4.78 is 16.2. The van der Waals surface area contributed by atoms with Gasteiger partial charge < -0.3 is 24.2 Å². The maximum absolute atomic E-state index is 13.2. The van der Waals surface area contributed by atoms with Crippen molar-refractivity contribution in [2.75, 3.05) is 25.7 Å². The molecule has 0 unspecified atom stereocenters. The van der Waals surface area contributed by atoms with Crippen molar-refractivity contribution < 1.29 is 28.9 Å². The van der Waals surface area contributed by atoms with Crippen LogP contribution in [0.4, 0.5) is 10.5 Å². The van der Waals surface area contributed by atoms with Crippen molar-refractivity contribution in [3.8, 4) is 11.5 Å². The highest BCUT2D eigenvalue weighted by Gasteiger charge is 2.45. The maximum Gasteiger partial charge on any atom is 0.416 e. The molecule has 0 aromatic heterocycles. The van der Waals surface area contributed by atoms with E-state index in [1.165, 1.54) is 20.3 Å². The summed E-state index contributed by atoms with van der Waals surface area (Å²) in [6.45, 7) is 0.565. The van der Waals surface area contributed by atoms with Crippen LogP contribution < -0.4 is 14.4 Å². The van der Waals surface area contributed by atoms with E-state index in [0.717, 1.165) is 16.9 Å². The lowest BCUT2D eigenvalue weighted by Crippen LogP contribution is -2.50.